The van der Waals surface area contributed by atoms with E-state index in [1.54, 1.807) is 0 Å². The van der Waals surface area contributed by atoms with E-state index in [0.717, 1.165) is 6.07 Å². The van der Waals surface area contributed by atoms with E-state index in [0.29, 0.717) is 6.42 Å². The molecular weight excluding hydrogens is 217 g/mol. The van der Waals surface area contributed by atoms with Crippen LogP contribution >= 0.6 is 0 Å². The zero-order valence-electron chi connectivity index (χ0n) is 8.97. The van der Waals surface area contributed by atoms with E-state index in [1.165, 1.54) is 6.07 Å². The van der Waals surface area contributed by atoms with E-state index in [1.807, 2.05) is 19.9 Å². The normalized spacial score (nSPS) is 11.6. The van der Waals surface area contributed by atoms with Crippen molar-refractivity contribution in [1.29, 1.82) is 5.26 Å². The Hall–Kier alpha value is -1.57. The van der Waals surface area contributed by atoms with Crippen LogP contribution in [0, 0.1) is 17.2 Å². The van der Waals surface area contributed by atoms with E-state index in [2.05, 4.69) is 4.98 Å². The first-order valence-electron chi connectivity index (χ1n) is 4.81. The molecule has 0 radical (unpaired) electrons. The van der Waals surface area contributed by atoms with Crippen molar-refractivity contribution < 1.29 is 13.2 Å². The van der Waals surface area contributed by atoms with Gasteiger partial charge in [0.15, 0.2) is 0 Å². The third-order valence-corrected chi connectivity index (χ3v) is 1.99. The van der Waals surface area contributed by atoms with Crippen LogP contribution in [0.2, 0.25) is 0 Å². The molecule has 0 fully saturated rings. The zero-order valence-corrected chi connectivity index (χ0v) is 8.97. The summed E-state index contributed by atoms with van der Waals surface area (Å²) in [4.78, 5) is 3.51. The Morgan fingerprint density at radius 1 is 1.38 bits per heavy atom. The van der Waals surface area contributed by atoms with Crippen molar-refractivity contribution in [2.45, 2.75) is 26.4 Å². The number of nitrogens with zero attached hydrogens (tertiary/aromatic N) is 2. The Labute approximate surface area is 91.7 Å². The van der Waals surface area contributed by atoms with Gasteiger partial charge in [0.1, 0.15) is 11.8 Å². The number of hydrogen-bond donors (Lipinski definition) is 0. The van der Waals surface area contributed by atoms with Crippen LogP contribution in [-0.2, 0) is 12.6 Å². The second-order valence-electron chi connectivity index (χ2n) is 3.90. The molecule has 0 N–H and O–H groups in total. The fourth-order valence-electron chi connectivity index (χ4n) is 1.30. The summed E-state index contributed by atoms with van der Waals surface area (Å²) in [5.41, 5.74) is -0.517. The smallest absolute Gasteiger partial charge is 0.247 e. The van der Waals surface area contributed by atoms with Gasteiger partial charge in [0.2, 0.25) is 0 Å². The van der Waals surface area contributed by atoms with Gasteiger partial charge in [0, 0.05) is 0 Å². The van der Waals surface area contributed by atoms with E-state index in [9.17, 15) is 13.2 Å². The van der Waals surface area contributed by atoms with Gasteiger partial charge in [-0.1, -0.05) is 13.8 Å². The van der Waals surface area contributed by atoms with Crippen molar-refractivity contribution in [3.8, 4) is 6.07 Å². The minimum absolute atomic E-state index is 0.156. The molecule has 0 aliphatic carbocycles. The molecule has 0 aliphatic heterocycles. The summed E-state index contributed by atoms with van der Waals surface area (Å²) in [7, 11) is 0. The molecule has 0 aromatic carbocycles. The van der Waals surface area contributed by atoms with E-state index in [4.69, 9.17) is 5.26 Å². The maximum absolute atomic E-state index is 12.4. The molecule has 0 aliphatic rings. The lowest BCUT2D eigenvalue weighted by Crippen LogP contribution is -2.11. The molecule has 2 nitrogen and oxygen atoms in total. The standard InChI is InChI=1S/C11H11F3N2/c1-7(2)5-9-8(6-15)3-4-10(16-9)11(12,13)14/h3-4,7H,5H2,1-2H3. The van der Waals surface area contributed by atoms with Crippen LogP contribution in [0.4, 0.5) is 13.2 Å². The Morgan fingerprint density at radius 3 is 2.44 bits per heavy atom. The van der Waals surface area contributed by atoms with E-state index in [-0.39, 0.29) is 17.2 Å². The summed E-state index contributed by atoms with van der Waals surface area (Å²) in [6.07, 6.45) is -4.09. The van der Waals surface area contributed by atoms with Crippen LogP contribution in [0.3, 0.4) is 0 Å². The first-order valence-corrected chi connectivity index (χ1v) is 4.81. The average Bonchev–Trinajstić information content (AvgIpc) is 2.15. The molecule has 1 rings (SSSR count). The third-order valence-electron chi connectivity index (χ3n) is 1.99. The molecule has 0 unspecified atom stereocenters. The summed E-state index contributed by atoms with van der Waals surface area (Å²) in [5.74, 6) is 0.156. The molecule has 16 heavy (non-hydrogen) atoms. The monoisotopic (exact) mass is 228 g/mol. The topological polar surface area (TPSA) is 36.7 Å². The lowest BCUT2D eigenvalue weighted by Gasteiger charge is -2.10. The average molecular weight is 228 g/mol. The lowest BCUT2D eigenvalue weighted by atomic mass is 10.0. The van der Waals surface area contributed by atoms with Crippen LogP contribution in [0.5, 0.6) is 0 Å². The number of alkyl halides is 3. The molecule has 86 valence electrons. The van der Waals surface area contributed by atoms with Gasteiger partial charge in [-0.25, -0.2) is 4.98 Å². The Bertz CT molecular complexity index is 416. The molecule has 5 heteroatoms. The fraction of sp³-hybridized carbons (Fsp3) is 0.455. The van der Waals surface area contributed by atoms with Gasteiger partial charge in [-0.3, -0.25) is 0 Å². The summed E-state index contributed by atoms with van der Waals surface area (Å²) in [6, 6.07) is 3.86. The number of halogens is 3. The molecule has 1 aromatic rings. The fourth-order valence-corrected chi connectivity index (χ4v) is 1.30. The molecule has 0 saturated carbocycles. The molecule has 1 aromatic heterocycles. The SMILES string of the molecule is CC(C)Cc1nc(C(F)(F)F)ccc1C#N. The van der Waals surface area contributed by atoms with E-state index >= 15 is 0 Å². The summed E-state index contributed by atoms with van der Waals surface area (Å²) < 4.78 is 37.2. The van der Waals surface area contributed by atoms with Gasteiger partial charge in [0.05, 0.1) is 11.3 Å². The minimum atomic E-state index is -4.46. The number of aromatic nitrogens is 1. The van der Waals surface area contributed by atoms with Crippen LogP contribution in [0.15, 0.2) is 12.1 Å². The summed E-state index contributed by atoms with van der Waals surface area (Å²) >= 11 is 0. The summed E-state index contributed by atoms with van der Waals surface area (Å²) in [6.45, 7) is 3.73. The van der Waals surface area contributed by atoms with Crippen molar-refractivity contribution in [1.82, 2.24) is 4.98 Å². The van der Waals surface area contributed by atoms with Crippen LogP contribution in [0.25, 0.3) is 0 Å². The Kier molecular flexibility index (Phi) is 3.53. The first-order chi connectivity index (χ1) is 7.34. The molecule has 0 atom stereocenters. The zero-order chi connectivity index (χ0) is 12.3. The highest BCUT2D eigenvalue weighted by Crippen LogP contribution is 2.28. The second kappa shape index (κ2) is 4.52. The van der Waals surface area contributed by atoms with Crippen LogP contribution in [-0.4, -0.2) is 4.98 Å². The number of rotatable bonds is 2. The van der Waals surface area contributed by atoms with Gasteiger partial charge >= 0.3 is 6.18 Å². The van der Waals surface area contributed by atoms with Gasteiger partial charge in [-0.2, -0.15) is 18.4 Å². The molecule has 0 bridgehead atoms. The van der Waals surface area contributed by atoms with Crippen molar-refractivity contribution in [3.05, 3.63) is 29.1 Å². The second-order valence-corrected chi connectivity index (χ2v) is 3.90. The van der Waals surface area contributed by atoms with Crippen molar-refractivity contribution >= 4 is 0 Å². The molecule has 0 spiro atoms. The largest absolute Gasteiger partial charge is 0.433 e. The molecular formula is C11H11F3N2. The molecule has 0 amide bonds. The quantitative estimate of drug-likeness (QED) is 0.779. The third kappa shape index (κ3) is 2.96. The maximum Gasteiger partial charge on any atom is 0.433 e. The minimum Gasteiger partial charge on any atom is -0.247 e. The highest BCUT2D eigenvalue weighted by Gasteiger charge is 2.33. The number of pyridine rings is 1. The highest BCUT2D eigenvalue weighted by atomic mass is 19.4. The van der Waals surface area contributed by atoms with Gasteiger partial charge < -0.3 is 0 Å². The van der Waals surface area contributed by atoms with Crippen molar-refractivity contribution in [2.24, 2.45) is 5.92 Å². The lowest BCUT2D eigenvalue weighted by molar-refractivity contribution is -0.141. The predicted octanol–water partition coefficient (Wildman–Crippen LogP) is 3.17. The van der Waals surface area contributed by atoms with Crippen molar-refractivity contribution in [3.63, 3.8) is 0 Å². The summed E-state index contributed by atoms with van der Waals surface area (Å²) in [5, 5.41) is 8.75. The first kappa shape index (κ1) is 12.5. The maximum atomic E-state index is 12.4. The van der Waals surface area contributed by atoms with Crippen LogP contribution < -0.4 is 0 Å². The molecule has 1 heterocycles. The van der Waals surface area contributed by atoms with Gasteiger partial charge in [0.25, 0.3) is 0 Å². The van der Waals surface area contributed by atoms with Crippen molar-refractivity contribution in [2.75, 3.05) is 0 Å². The highest BCUT2D eigenvalue weighted by molar-refractivity contribution is 5.35. The Balaban J connectivity index is 3.18. The Morgan fingerprint density at radius 2 is 2.00 bits per heavy atom. The predicted molar refractivity (Wildman–Crippen MR) is 52.5 cm³/mol. The van der Waals surface area contributed by atoms with Gasteiger partial charge in [-0.05, 0) is 24.5 Å². The number of hydrogen-bond acceptors (Lipinski definition) is 2. The van der Waals surface area contributed by atoms with Crippen LogP contribution in [0.1, 0.15) is 30.8 Å². The van der Waals surface area contributed by atoms with Gasteiger partial charge in [-0.15, -0.1) is 0 Å². The number of nitriles is 1. The van der Waals surface area contributed by atoms with E-state index < -0.39 is 11.9 Å². The molecule has 0 saturated heterocycles.